The third-order valence-electron chi connectivity index (χ3n) is 7.29. The third kappa shape index (κ3) is 0.574. The fourth-order valence-corrected chi connectivity index (χ4v) is 11.5. The number of ketones is 2. The lowest BCUT2D eigenvalue weighted by molar-refractivity contribution is -0.145. The molecular weight excluding hydrogens is 228 g/mol. The summed E-state index contributed by atoms with van der Waals surface area (Å²) < 4.78 is 0. The first-order valence-corrected chi connectivity index (χ1v) is 10.5. The molecule has 0 spiro atoms. The lowest BCUT2D eigenvalue weighted by Gasteiger charge is -2.60. The van der Waals surface area contributed by atoms with Crippen LogP contribution in [-0.4, -0.2) is 19.6 Å². The van der Waals surface area contributed by atoms with Crippen LogP contribution < -0.4 is 0 Å². The Morgan fingerprint density at radius 2 is 1.76 bits per heavy atom. The van der Waals surface area contributed by atoms with Gasteiger partial charge in [-0.3, -0.25) is 9.59 Å². The van der Waals surface area contributed by atoms with E-state index < -0.39 is 8.07 Å². The normalized spacial score (nSPS) is 65.0. The second kappa shape index (κ2) is 2.11. The minimum Gasteiger partial charge on any atom is -0.299 e. The molecule has 8 unspecified atom stereocenters. The first-order valence-electron chi connectivity index (χ1n) is 7.00. The number of carbonyl (C=O) groups excluding carboxylic acids is 2. The van der Waals surface area contributed by atoms with Gasteiger partial charge in [0.2, 0.25) is 0 Å². The van der Waals surface area contributed by atoms with E-state index in [9.17, 15) is 9.59 Å². The quantitative estimate of drug-likeness (QED) is 0.663. The van der Waals surface area contributed by atoms with Gasteiger partial charge in [0, 0.05) is 23.7 Å². The average molecular weight is 246 g/mol. The van der Waals surface area contributed by atoms with Gasteiger partial charge in [-0.15, -0.1) is 0 Å². The van der Waals surface area contributed by atoms with Crippen molar-refractivity contribution in [2.24, 2.45) is 41.4 Å². The van der Waals surface area contributed by atoms with Crippen LogP contribution in [0.1, 0.15) is 6.42 Å². The maximum absolute atomic E-state index is 12.6. The summed E-state index contributed by atoms with van der Waals surface area (Å²) in [6, 6.07) is 0. The predicted molar refractivity (Wildman–Crippen MR) is 65.1 cm³/mol. The fourth-order valence-electron chi connectivity index (χ4n) is 7.42. The molecule has 2 bridgehead atoms. The van der Waals surface area contributed by atoms with Gasteiger partial charge in [0.05, 0.1) is 8.07 Å². The standard InChI is InChI=1S/C14H18O2Si/c1-17(2,3)14-6-4-5-7-8(6)13(16)11(14)9(10(5)14)12(7)15/h5-11H,4H2,1-3H3. The van der Waals surface area contributed by atoms with Crippen LogP contribution in [-0.2, 0) is 9.59 Å². The van der Waals surface area contributed by atoms with Crippen molar-refractivity contribution in [3.63, 3.8) is 0 Å². The molecule has 17 heavy (non-hydrogen) atoms. The van der Waals surface area contributed by atoms with Crippen molar-refractivity contribution in [1.29, 1.82) is 0 Å². The molecule has 0 aromatic rings. The Hall–Kier alpha value is -0.443. The van der Waals surface area contributed by atoms with Gasteiger partial charge < -0.3 is 0 Å². The first kappa shape index (κ1) is 9.48. The molecule has 3 heteroatoms. The number of fused-ring (bicyclic) bond motifs is 2. The molecule has 0 aromatic carbocycles. The minimum absolute atomic E-state index is 0.180. The van der Waals surface area contributed by atoms with Crippen molar-refractivity contribution in [3.05, 3.63) is 0 Å². The van der Waals surface area contributed by atoms with Crippen LogP contribution in [0.3, 0.4) is 0 Å². The summed E-state index contributed by atoms with van der Waals surface area (Å²) in [6.45, 7) is 7.30. The zero-order chi connectivity index (χ0) is 11.9. The van der Waals surface area contributed by atoms with Crippen molar-refractivity contribution in [2.75, 3.05) is 0 Å². The van der Waals surface area contributed by atoms with Crippen molar-refractivity contribution in [2.45, 2.75) is 31.1 Å². The van der Waals surface area contributed by atoms with E-state index in [2.05, 4.69) is 19.6 Å². The molecule has 2 nitrogen and oxygen atoms in total. The topological polar surface area (TPSA) is 34.1 Å². The molecule has 0 saturated heterocycles. The number of hydrogen-bond acceptors (Lipinski definition) is 2. The molecular formula is C14H18O2Si. The Bertz CT molecular complexity index is 501. The van der Waals surface area contributed by atoms with Gasteiger partial charge >= 0.3 is 0 Å². The van der Waals surface area contributed by atoms with Gasteiger partial charge in [-0.2, -0.15) is 0 Å². The zero-order valence-corrected chi connectivity index (χ0v) is 11.6. The molecule has 5 fully saturated rings. The van der Waals surface area contributed by atoms with Crippen molar-refractivity contribution < 1.29 is 9.59 Å². The van der Waals surface area contributed by atoms with Crippen LogP contribution in [0.15, 0.2) is 0 Å². The summed E-state index contributed by atoms with van der Waals surface area (Å²) in [5.41, 5.74) is 0. The second-order valence-electron chi connectivity index (χ2n) is 8.07. The van der Waals surface area contributed by atoms with Crippen molar-refractivity contribution >= 4 is 19.6 Å². The molecule has 0 amide bonds. The van der Waals surface area contributed by atoms with Crippen LogP contribution >= 0.6 is 0 Å². The van der Waals surface area contributed by atoms with Gasteiger partial charge in [-0.25, -0.2) is 0 Å². The number of hydrogen-bond donors (Lipinski definition) is 0. The lowest BCUT2D eigenvalue weighted by atomic mass is 9.58. The van der Waals surface area contributed by atoms with E-state index in [-0.39, 0.29) is 23.7 Å². The molecule has 8 atom stereocenters. The van der Waals surface area contributed by atoms with Crippen LogP contribution in [0.4, 0.5) is 0 Å². The summed E-state index contributed by atoms with van der Waals surface area (Å²) in [4.78, 5) is 25.0. The molecule has 0 aromatic heterocycles. The molecule has 0 radical (unpaired) electrons. The van der Waals surface area contributed by atoms with Crippen molar-refractivity contribution in [1.82, 2.24) is 0 Å². The minimum atomic E-state index is -1.36. The molecule has 5 aliphatic carbocycles. The monoisotopic (exact) mass is 246 g/mol. The fraction of sp³-hybridized carbons (Fsp3) is 0.857. The third-order valence-corrected chi connectivity index (χ3v) is 10.9. The lowest BCUT2D eigenvalue weighted by Crippen LogP contribution is -2.61. The molecule has 0 N–H and O–H groups in total. The highest BCUT2D eigenvalue weighted by atomic mass is 28.3. The Morgan fingerprint density at radius 1 is 1.06 bits per heavy atom. The average Bonchev–Trinajstić information content (AvgIpc) is 2.65. The van der Waals surface area contributed by atoms with E-state index in [1.807, 2.05) is 0 Å². The molecule has 5 rings (SSSR count). The molecule has 0 aliphatic heterocycles. The van der Waals surface area contributed by atoms with E-state index >= 15 is 0 Å². The highest BCUT2D eigenvalue weighted by molar-refractivity contribution is 6.80. The Balaban J connectivity index is 1.84. The SMILES string of the molecule is C[Si](C)(C)C12C3CC4C5C(=O)C(C1C(=O)C53)C42. The maximum Gasteiger partial charge on any atom is 0.141 e. The number of Topliss-reactive ketones (excluding diaryl/α,β-unsaturated/α-hetero) is 2. The van der Waals surface area contributed by atoms with Crippen molar-refractivity contribution in [3.8, 4) is 0 Å². The van der Waals surface area contributed by atoms with E-state index in [0.29, 0.717) is 34.4 Å². The Morgan fingerprint density at radius 3 is 2.41 bits per heavy atom. The molecule has 5 aliphatic rings. The van der Waals surface area contributed by atoms with Gasteiger partial charge in [0.15, 0.2) is 0 Å². The van der Waals surface area contributed by atoms with E-state index in [4.69, 9.17) is 0 Å². The highest BCUT2D eigenvalue weighted by Gasteiger charge is 2.92. The van der Waals surface area contributed by atoms with Gasteiger partial charge in [-0.1, -0.05) is 19.6 Å². The zero-order valence-electron chi connectivity index (χ0n) is 10.6. The van der Waals surface area contributed by atoms with Gasteiger partial charge in [0.1, 0.15) is 11.6 Å². The van der Waals surface area contributed by atoms with Crippen LogP contribution in [0.25, 0.3) is 0 Å². The van der Waals surface area contributed by atoms with E-state index in [1.165, 1.54) is 6.42 Å². The maximum atomic E-state index is 12.6. The van der Waals surface area contributed by atoms with E-state index in [1.54, 1.807) is 0 Å². The largest absolute Gasteiger partial charge is 0.299 e. The second-order valence-corrected chi connectivity index (χ2v) is 13.4. The van der Waals surface area contributed by atoms with Crippen LogP contribution in [0.5, 0.6) is 0 Å². The van der Waals surface area contributed by atoms with E-state index in [0.717, 1.165) is 0 Å². The summed E-state index contributed by atoms with van der Waals surface area (Å²) in [5, 5.41) is 0.354. The predicted octanol–water partition coefficient (Wildman–Crippen LogP) is 1.97. The molecule has 0 heterocycles. The molecule has 90 valence electrons. The molecule has 5 saturated carbocycles. The smallest absolute Gasteiger partial charge is 0.141 e. The Labute approximate surface area is 102 Å². The number of carbonyl (C=O) groups is 2. The van der Waals surface area contributed by atoms with Gasteiger partial charge in [0.25, 0.3) is 0 Å². The number of rotatable bonds is 1. The highest BCUT2D eigenvalue weighted by Crippen LogP contribution is 2.91. The van der Waals surface area contributed by atoms with Gasteiger partial charge in [-0.05, 0) is 29.2 Å². The van der Waals surface area contributed by atoms with Crippen LogP contribution in [0.2, 0.25) is 24.7 Å². The summed E-state index contributed by atoms with van der Waals surface area (Å²) in [7, 11) is -1.36. The van der Waals surface area contributed by atoms with Crippen LogP contribution in [0, 0.1) is 41.4 Å². The summed E-state index contributed by atoms with van der Waals surface area (Å²) in [6.07, 6.45) is 1.22. The summed E-state index contributed by atoms with van der Waals surface area (Å²) in [5.74, 6) is 3.64. The first-order chi connectivity index (χ1) is 7.92. The summed E-state index contributed by atoms with van der Waals surface area (Å²) >= 11 is 0. The Kier molecular flexibility index (Phi) is 1.18.